The SMILES string of the molecule is CCOC(=O)/C(=C/c1cccc(-c2ccccc2)c1)O[C@@H]1[CH][CH][CH][C@@H](COC(C)=O)O1. The van der Waals surface area contributed by atoms with Crippen LogP contribution in [0.2, 0.25) is 0 Å². The Morgan fingerprint density at radius 3 is 2.52 bits per heavy atom. The van der Waals surface area contributed by atoms with E-state index in [2.05, 4.69) is 0 Å². The molecule has 1 heterocycles. The van der Waals surface area contributed by atoms with Crippen LogP contribution in [-0.2, 0) is 28.5 Å². The molecule has 1 aliphatic heterocycles. The van der Waals surface area contributed by atoms with Crippen LogP contribution in [0.4, 0.5) is 0 Å². The van der Waals surface area contributed by atoms with Gasteiger partial charge >= 0.3 is 11.9 Å². The summed E-state index contributed by atoms with van der Waals surface area (Å²) in [6.45, 7) is 3.34. The predicted molar refractivity (Wildman–Crippen MR) is 116 cm³/mol. The normalized spacial score (nSPS) is 18.8. The molecule has 6 heteroatoms. The number of hydrogen-bond donors (Lipinski definition) is 0. The van der Waals surface area contributed by atoms with Gasteiger partial charge in [-0.3, -0.25) is 4.79 Å². The summed E-state index contributed by atoms with van der Waals surface area (Å²) in [6.07, 6.45) is 5.50. The third-order valence-corrected chi connectivity index (χ3v) is 4.37. The van der Waals surface area contributed by atoms with E-state index in [1.165, 1.54) is 6.92 Å². The smallest absolute Gasteiger partial charge is 0.373 e. The third kappa shape index (κ3) is 6.96. The number of carbonyl (C=O) groups excluding carboxylic acids is 2. The summed E-state index contributed by atoms with van der Waals surface area (Å²) >= 11 is 0. The fourth-order valence-corrected chi connectivity index (χ4v) is 2.96. The van der Waals surface area contributed by atoms with Crippen LogP contribution in [0.15, 0.2) is 60.4 Å². The van der Waals surface area contributed by atoms with Crippen molar-refractivity contribution in [3.05, 3.63) is 85.2 Å². The Morgan fingerprint density at radius 1 is 1.00 bits per heavy atom. The molecular formula is C25H25O6. The van der Waals surface area contributed by atoms with Crippen molar-refractivity contribution in [1.29, 1.82) is 0 Å². The maximum absolute atomic E-state index is 12.5. The average molecular weight is 421 g/mol. The van der Waals surface area contributed by atoms with Crippen LogP contribution in [0.1, 0.15) is 19.4 Å². The molecule has 0 N–H and O–H groups in total. The molecule has 2 atom stereocenters. The zero-order valence-electron chi connectivity index (χ0n) is 17.5. The molecule has 0 aliphatic carbocycles. The fraction of sp³-hybridized carbons (Fsp3) is 0.240. The summed E-state index contributed by atoms with van der Waals surface area (Å²) in [5.74, 6) is -0.958. The molecule has 31 heavy (non-hydrogen) atoms. The highest BCUT2D eigenvalue weighted by Crippen LogP contribution is 2.24. The van der Waals surface area contributed by atoms with Gasteiger partial charge in [-0.1, -0.05) is 48.5 Å². The first-order valence-corrected chi connectivity index (χ1v) is 10.1. The maximum Gasteiger partial charge on any atom is 0.373 e. The van der Waals surface area contributed by atoms with E-state index in [-0.39, 0.29) is 19.0 Å². The summed E-state index contributed by atoms with van der Waals surface area (Å²) in [4.78, 5) is 23.5. The molecule has 3 radical (unpaired) electrons. The van der Waals surface area contributed by atoms with Crippen molar-refractivity contribution in [3.63, 3.8) is 0 Å². The lowest BCUT2D eigenvalue weighted by molar-refractivity contribution is -0.167. The molecule has 2 aromatic rings. The molecule has 3 rings (SSSR count). The molecule has 0 unspecified atom stereocenters. The monoisotopic (exact) mass is 421 g/mol. The van der Waals surface area contributed by atoms with E-state index in [4.69, 9.17) is 18.9 Å². The van der Waals surface area contributed by atoms with Gasteiger partial charge < -0.3 is 18.9 Å². The van der Waals surface area contributed by atoms with E-state index in [1.54, 1.807) is 32.3 Å². The molecule has 6 nitrogen and oxygen atoms in total. The Balaban J connectivity index is 1.77. The number of ether oxygens (including phenoxy) is 4. The molecule has 1 fully saturated rings. The minimum Gasteiger partial charge on any atom is -0.463 e. The third-order valence-electron chi connectivity index (χ3n) is 4.37. The van der Waals surface area contributed by atoms with Crippen molar-refractivity contribution >= 4 is 18.0 Å². The number of benzene rings is 2. The van der Waals surface area contributed by atoms with Crippen LogP contribution < -0.4 is 0 Å². The Morgan fingerprint density at radius 2 is 1.77 bits per heavy atom. The summed E-state index contributed by atoms with van der Waals surface area (Å²) in [5.41, 5.74) is 2.87. The average Bonchev–Trinajstić information content (AvgIpc) is 2.78. The first-order chi connectivity index (χ1) is 15.0. The van der Waals surface area contributed by atoms with Gasteiger partial charge in [0.1, 0.15) is 6.61 Å². The van der Waals surface area contributed by atoms with Gasteiger partial charge in [0.15, 0.2) is 0 Å². The van der Waals surface area contributed by atoms with Crippen molar-refractivity contribution < 1.29 is 28.5 Å². The van der Waals surface area contributed by atoms with E-state index >= 15 is 0 Å². The van der Waals surface area contributed by atoms with Crippen molar-refractivity contribution in [2.24, 2.45) is 0 Å². The molecule has 161 valence electrons. The molecule has 0 saturated carbocycles. The number of rotatable bonds is 8. The van der Waals surface area contributed by atoms with Crippen LogP contribution in [0, 0.1) is 19.3 Å². The maximum atomic E-state index is 12.5. The molecule has 0 aromatic heterocycles. The van der Waals surface area contributed by atoms with Crippen molar-refractivity contribution in [3.8, 4) is 11.1 Å². The van der Waals surface area contributed by atoms with Gasteiger partial charge in [0.2, 0.25) is 12.0 Å². The van der Waals surface area contributed by atoms with Gasteiger partial charge in [-0.2, -0.15) is 0 Å². The molecule has 0 amide bonds. The Hall–Kier alpha value is -3.12. The topological polar surface area (TPSA) is 71.1 Å². The minimum atomic E-state index is -0.821. The van der Waals surface area contributed by atoms with Crippen LogP contribution >= 0.6 is 0 Å². The van der Waals surface area contributed by atoms with E-state index in [9.17, 15) is 9.59 Å². The van der Waals surface area contributed by atoms with Crippen LogP contribution in [0.3, 0.4) is 0 Å². The standard InChI is InChI=1S/C25H25O6/c1-3-28-25(27)23(31-24-14-8-13-22(30-24)17-29-18(2)26)16-19-9-7-12-21(15-19)20-10-5-4-6-11-20/h4-16,22,24H,3,17H2,1-2H3/b23-16-/t22-,24+/m0/s1. The van der Waals surface area contributed by atoms with Gasteiger partial charge in [0, 0.05) is 13.3 Å². The van der Waals surface area contributed by atoms with E-state index in [0.29, 0.717) is 0 Å². The Labute approximate surface area is 182 Å². The Bertz CT molecular complexity index is 905. The second-order valence-corrected chi connectivity index (χ2v) is 6.76. The van der Waals surface area contributed by atoms with E-state index in [1.807, 2.05) is 54.6 Å². The van der Waals surface area contributed by atoms with Crippen molar-refractivity contribution in [1.82, 2.24) is 0 Å². The molecule has 1 aliphatic rings. The lowest BCUT2D eigenvalue weighted by Crippen LogP contribution is -2.35. The summed E-state index contributed by atoms with van der Waals surface area (Å²) < 4.78 is 21.7. The fourth-order valence-electron chi connectivity index (χ4n) is 2.96. The molecule has 1 saturated heterocycles. The van der Waals surface area contributed by atoms with Gasteiger partial charge in [0.05, 0.1) is 12.7 Å². The lowest BCUT2D eigenvalue weighted by atomic mass is 10.0. The summed E-state index contributed by atoms with van der Waals surface area (Å²) in [6, 6.07) is 17.7. The molecule has 0 bridgehead atoms. The highest BCUT2D eigenvalue weighted by atomic mass is 16.7. The van der Waals surface area contributed by atoms with Crippen LogP contribution in [0.25, 0.3) is 17.2 Å². The van der Waals surface area contributed by atoms with E-state index in [0.717, 1.165) is 16.7 Å². The number of esters is 2. The van der Waals surface area contributed by atoms with Crippen molar-refractivity contribution in [2.45, 2.75) is 26.2 Å². The predicted octanol–water partition coefficient (Wildman–Crippen LogP) is 4.18. The molecule has 2 aromatic carbocycles. The zero-order chi connectivity index (χ0) is 22.1. The van der Waals surface area contributed by atoms with Gasteiger partial charge in [-0.05, 0) is 48.6 Å². The first-order valence-electron chi connectivity index (χ1n) is 10.1. The highest BCUT2D eigenvalue weighted by Gasteiger charge is 2.28. The quantitative estimate of drug-likeness (QED) is 0.362. The van der Waals surface area contributed by atoms with Gasteiger partial charge in [-0.25, -0.2) is 4.79 Å². The van der Waals surface area contributed by atoms with Gasteiger partial charge in [-0.15, -0.1) is 0 Å². The largest absolute Gasteiger partial charge is 0.463 e. The second kappa shape index (κ2) is 11.3. The summed E-state index contributed by atoms with van der Waals surface area (Å²) in [7, 11) is 0. The summed E-state index contributed by atoms with van der Waals surface area (Å²) in [5, 5.41) is 0. The Kier molecular flexibility index (Phi) is 8.24. The first kappa shape index (κ1) is 22.6. The zero-order valence-corrected chi connectivity index (χ0v) is 17.5. The molecule has 0 spiro atoms. The highest BCUT2D eigenvalue weighted by molar-refractivity contribution is 5.91. The lowest BCUT2D eigenvalue weighted by Gasteiger charge is -2.29. The van der Waals surface area contributed by atoms with Gasteiger partial charge in [0.25, 0.3) is 0 Å². The number of carbonyl (C=O) groups is 2. The second-order valence-electron chi connectivity index (χ2n) is 6.76. The molecular weight excluding hydrogens is 396 g/mol. The van der Waals surface area contributed by atoms with Crippen molar-refractivity contribution in [2.75, 3.05) is 13.2 Å². The number of hydrogen-bond acceptors (Lipinski definition) is 6. The van der Waals surface area contributed by atoms with Crippen LogP contribution in [-0.4, -0.2) is 37.5 Å². The minimum absolute atomic E-state index is 0.0230. The van der Waals surface area contributed by atoms with E-state index < -0.39 is 24.3 Å². The van der Waals surface area contributed by atoms with Crippen LogP contribution in [0.5, 0.6) is 0 Å².